The molecule has 0 unspecified atom stereocenters. The number of carbonyl (C=O) groups excluding carboxylic acids is 2. The molecule has 0 bridgehead atoms. The second-order valence-corrected chi connectivity index (χ2v) is 6.81. The minimum absolute atomic E-state index is 0.00435. The summed E-state index contributed by atoms with van der Waals surface area (Å²) in [4.78, 5) is 28.9. The third-order valence-corrected chi connectivity index (χ3v) is 3.97. The molecule has 1 N–H and O–H groups in total. The van der Waals surface area contributed by atoms with Crippen LogP contribution in [0.2, 0.25) is 0 Å². The van der Waals surface area contributed by atoms with E-state index < -0.39 is 0 Å². The van der Waals surface area contributed by atoms with Crippen molar-refractivity contribution in [3.05, 3.63) is 22.4 Å². The molecule has 6 nitrogen and oxygen atoms in total. The molecule has 23 heavy (non-hydrogen) atoms. The summed E-state index contributed by atoms with van der Waals surface area (Å²) in [6, 6.07) is 4.09. The van der Waals surface area contributed by atoms with Crippen molar-refractivity contribution in [3.63, 3.8) is 0 Å². The number of methoxy groups -OCH3 is 1. The highest BCUT2D eigenvalue weighted by Crippen LogP contribution is 2.12. The fourth-order valence-corrected chi connectivity index (χ4v) is 2.80. The lowest BCUT2D eigenvalue weighted by Gasteiger charge is -2.25. The van der Waals surface area contributed by atoms with E-state index >= 15 is 0 Å². The van der Waals surface area contributed by atoms with E-state index in [1.54, 1.807) is 35.3 Å². The lowest BCUT2D eigenvalue weighted by molar-refractivity contribution is -0.134. The fraction of sp³-hybridized carbons (Fsp3) is 0.625. The van der Waals surface area contributed by atoms with Crippen molar-refractivity contribution in [2.24, 2.45) is 0 Å². The first kappa shape index (κ1) is 19.6. The number of rotatable bonds is 10. The Kier molecular flexibility index (Phi) is 8.83. The molecule has 0 aliphatic heterocycles. The van der Waals surface area contributed by atoms with Crippen LogP contribution in [0.3, 0.4) is 0 Å². The number of likely N-dealkylation sites (N-methyl/N-ethyl adjacent to an activating group) is 1. The Morgan fingerprint density at radius 1 is 1.35 bits per heavy atom. The van der Waals surface area contributed by atoms with Crippen molar-refractivity contribution in [2.75, 3.05) is 40.4 Å². The predicted molar refractivity (Wildman–Crippen MR) is 92.4 cm³/mol. The van der Waals surface area contributed by atoms with Crippen LogP contribution in [0.4, 0.5) is 0 Å². The monoisotopic (exact) mass is 341 g/mol. The van der Waals surface area contributed by atoms with E-state index in [-0.39, 0.29) is 30.9 Å². The highest BCUT2D eigenvalue weighted by atomic mass is 32.1. The van der Waals surface area contributed by atoms with Crippen molar-refractivity contribution in [1.82, 2.24) is 15.1 Å². The Morgan fingerprint density at radius 2 is 2.09 bits per heavy atom. The van der Waals surface area contributed by atoms with E-state index in [2.05, 4.69) is 5.32 Å². The van der Waals surface area contributed by atoms with E-state index in [1.807, 2.05) is 31.4 Å². The van der Waals surface area contributed by atoms with Gasteiger partial charge in [-0.05, 0) is 32.3 Å². The van der Waals surface area contributed by atoms with Gasteiger partial charge in [0, 0.05) is 24.6 Å². The van der Waals surface area contributed by atoms with Gasteiger partial charge < -0.3 is 15.0 Å². The molecule has 1 aromatic heterocycles. The van der Waals surface area contributed by atoms with Gasteiger partial charge in [0.2, 0.25) is 11.8 Å². The maximum absolute atomic E-state index is 12.5. The lowest BCUT2D eigenvalue weighted by atomic mass is 10.3. The minimum Gasteiger partial charge on any atom is -0.383 e. The third-order valence-electron chi connectivity index (χ3n) is 3.11. The Labute approximate surface area is 142 Å². The van der Waals surface area contributed by atoms with Crippen LogP contribution >= 0.6 is 11.3 Å². The number of hydrogen-bond acceptors (Lipinski definition) is 5. The van der Waals surface area contributed by atoms with Crippen LogP contribution in [0, 0.1) is 0 Å². The molecule has 1 rings (SSSR count). The summed E-state index contributed by atoms with van der Waals surface area (Å²) >= 11 is 1.63. The number of hydrogen-bond donors (Lipinski definition) is 1. The highest BCUT2D eigenvalue weighted by molar-refractivity contribution is 7.09. The van der Waals surface area contributed by atoms with Gasteiger partial charge in [-0.1, -0.05) is 6.07 Å². The molecule has 0 aromatic carbocycles. The van der Waals surface area contributed by atoms with Crippen molar-refractivity contribution >= 4 is 23.2 Å². The number of nitrogens with one attached hydrogen (secondary N) is 1. The molecule has 0 saturated carbocycles. The van der Waals surface area contributed by atoms with Crippen LogP contribution < -0.4 is 5.32 Å². The van der Waals surface area contributed by atoms with E-state index in [0.29, 0.717) is 19.7 Å². The van der Waals surface area contributed by atoms with Gasteiger partial charge in [-0.3, -0.25) is 14.5 Å². The van der Waals surface area contributed by atoms with Crippen molar-refractivity contribution in [2.45, 2.75) is 26.4 Å². The number of carbonyl (C=O) groups is 2. The molecule has 1 aromatic rings. The molecule has 7 heteroatoms. The molecular weight excluding hydrogens is 314 g/mol. The van der Waals surface area contributed by atoms with E-state index in [0.717, 1.165) is 4.88 Å². The first-order valence-corrected chi connectivity index (χ1v) is 8.57. The summed E-state index contributed by atoms with van der Waals surface area (Å²) in [5.41, 5.74) is 0. The molecule has 0 aliphatic carbocycles. The number of nitrogens with zero attached hydrogens (tertiary/aromatic N) is 2. The summed E-state index contributed by atoms with van der Waals surface area (Å²) in [7, 11) is 3.40. The summed E-state index contributed by atoms with van der Waals surface area (Å²) in [5.74, 6) is -0.0766. The summed E-state index contributed by atoms with van der Waals surface area (Å²) in [6.45, 7) is 5.86. The van der Waals surface area contributed by atoms with E-state index in [1.165, 1.54) is 0 Å². The second kappa shape index (κ2) is 10.4. The van der Waals surface area contributed by atoms with Gasteiger partial charge in [-0.2, -0.15) is 0 Å². The van der Waals surface area contributed by atoms with Gasteiger partial charge in [0.05, 0.1) is 26.2 Å². The summed E-state index contributed by atoms with van der Waals surface area (Å²) in [6.07, 6.45) is 0. The average Bonchev–Trinajstić information content (AvgIpc) is 2.94. The van der Waals surface area contributed by atoms with Gasteiger partial charge in [-0.25, -0.2) is 0 Å². The van der Waals surface area contributed by atoms with Crippen LogP contribution in [-0.4, -0.2) is 68.1 Å². The first-order chi connectivity index (χ1) is 10.9. The van der Waals surface area contributed by atoms with Gasteiger partial charge >= 0.3 is 0 Å². The van der Waals surface area contributed by atoms with Gasteiger partial charge in [-0.15, -0.1) is 11.3 Å². The Morgan fingerprint density at radius 3 is 2.65 bits per heavy atom. The van der Waals surface area contributed by atoms with Gasteiger partial charge in [0.25, 0.3) is 0 Å². The zero-order chi connectivity index (χ0) is 17.2. The van der Waals surface area contributed by atoms with Crippen LogP contribution in [-0.2, 0) is 20.9 Å². The Balaban J connectivity index is 2.52. The first-order valence-electron chi connectivity index (χ1n) is 7.69. The molecule has 1 heterocycles. The Hall–Kier alpha value is -1.44. The maximum Gasteiger partial charge on any atom is 0.237 e. The molecule has 0 spiro atoms. The van der Waals surface area contributed by atoms with Crippen molar-refractivity contribution in [1.29, 1.82) is 0 Å². The fourth-order valence-electron chi connectivity index (χ4n) is 2.08. The molecule has 0 fully saturated rings. The molecule has 0 aliphatic rings. The van der Waals surface area contributed by atoms with Crippen LogP contribution in [0.5, 0.6) is 0 Å². The maximum atomic E-state index is 12.5. The second-order valence-electron chi connectivity index (χ2n) is 5.78. The zero-order valence-electron chi connectivity index (χ0n) is 14.4. The van der Waals surface area contributed by atoms with Gasteiger partial charge in [0.15, 0.2) is 0 Å². The topological polar surface area (TPSA) is 61.9 Å². The molecule has 0 atom stereocenters. The molecule has 2 amide bonds. The lowest BCUT2D eigenvalue weighted by Crippen LogP contribution is -2.44. The molecule has 0 radical (unpaired) electrons. The standard InChI is InChI=1S/C16H27N3O3S/c1-13(2)17-15(20)11-18(3)12-16(21)19(7-8-22-4)10-14-6-5-9-23-14/h5-6,9,13H,7-8,10-12H2,1-4H3,(H,17,20). The SMILES string of the molecule is COCCN(Cc1cccs1)C(=O)CN(C)CC(=O)NC(C)C. The molecule has 130 valence electrons. The summed E-state index contributed by atoms with van der Waals surface area (Å²) in [5, 5.41) is 4.82. The quantitative estimate of drug-likeness (QED) is 0.694. The third kappa shape index (κ3) is 8.11. The zero-order valence-corrected chi connectivity index (χ0v) is 15.2. The largest absolute Gasteiger partial charge is 0.383 e. The van der Waals surface area contributed by atoms with Crippen molar-refractivity contribution < 1.29 is 14.3 Å². The van der Waals surface area contributed by atoms with E-state index in [4.69, 9.17) is 4.74 Å². The Bertz CT molecular complexity index is 477. The van der Waals surface area contributed by atoms with Crippen LogP contribution in [0.1, 0.15) is 18.7 Å². The minimum atomic E-state index is -0.0722. The smallest absolute Gasteiger partial charge is 0.237 e. The van der Waals surface area contributed by atoms with E-state index in [9.17, 15) is 9.59 Å². The molecular formula is C16H27N3O3S. The average molecular weight is 341 g/mol. The number of amides is 2. The predicted octanol–water partition coefficient (Wildman–Crippen LogP) is 1.18. The van der Waals surface area contributed by atoms with Gasteiger partial charge in [0.1, 0.15) is 0 Å². The number of thiophene rings is 1. The molecule has 0 saturated heterocycles. The highest BCUT2D eigenvalue weighted by Gasteiger charge is 2.17. The van der Waals surface area contributed by atoms with Crippen molar-refractivity contribution in [3.8, 4) is 0 Å². The number of ether oxygens (including phenoxy) is 1. The van der Waals surface area contributed by atoms with Crippen LogP contribution in [0.25, 0.3) is 0 Å². The summed E-state index contributed by atoms with van der Waals surface area (Å²) < 4.78 is 5.09. The van der Waals surface area contributed by atoms with Crippen LogP contribution in [0.15, 0.2) is 17.5 Å². The normalized spacial score (nSPS) is 11.0.